The number of carbonyl (C=O) groups is 2. The summed E-state index contributed by atoms with van der Waals surface area (Å²) < 4.78 is 0. The molecule has 0 spiro atoms. The Morgan fingerprint density at radius 2 is 1.88 bits per heavy atom. The minimum atomic E-state index is -0.472. The molecule has 0 aliphatic rings. The van der Waals surface area contributed by atoms with E-state index in [9.17, 15) is 9.59 Å². The van der Waals surface area contributed by atoms with E-state index in [0.717, 1.165) is 19.3 Å². The summed E-state index contributed by atoms with van der Waals surface area (Å²) in [6.45, 7) is 5.93. The Morgan fingerprint density at radius 1 is 1.25 bits per heavy atom. The second-order valence-corrected chi connectivity index (χ2v) is 4.00. The average molecular weight is 229 g/mol. The molecule has 0 aromatic carbocycles. The van der Waals surface area contributed by atoms with E-state index >= 15 is 0 Å². The van der Waals surface area contributed by atoms with Gasteiger partial charge in [0.25, 0.3) is 0 Å². The molecule has 0 fully saturated rings. The van der Waals surface area contributed by atoms with Crippen LogP contribution >= 0.6 is 0 Å². The molecule has 5 heteroatoms. The van der Waals surface area contributed by atoms with Crippen LogP contribution in [0.4, 0.5) is 4.79 Å². The summed E-state index contributed by atoms with van der Waals surface area (Å²) in [7, 11) is 1.48. The Morgan fingerprint density at radius 3 is 2.38 bits per heavy atom. The molecule has 3 amide bonds. The molecule has 0 heterocycles. The molecule has 2 unspecified atom stereocenters. The Bertz CT molecular complexity index is 231. The zero-order valence-electron chi connectivity index (χ0n) is 10.6. The molecule has 0 radical (unpaired) electrons. The largest absolute Gasteiger partial charge is 0.341 e. The number of carbonyl (C=O) groups excluding carboxylic acids is 2. The van der Waals surface area contributed by atoms with E-state index in [-0.39, 0.29) is 18.0 Å². The summed E-state index contributed by atoms with van der Waals surface area (Å²) in [4.78, 5) is 22.4. The highest BCUT2D eigenvalue weighted by Gasteiger charge is 2.16. The molecule has 94 valence electrons. The van der Waals surface area contributed by atoms with Crippen molar-refractivity contribution in [3.63, 3.8) is 0 Å². The predicted molar refractivity (Wildman–Crippen MR) is 64.2 cm³/mol. The summed E-state index contributed by atoms with van der Waals surface area (Å²) in [5.41, 5.74) is 0. The number of urea groups is 1. The molecule has 0 aromatic rings. The number of hydrogen-bond acceptors (Lipinski definition) is 3. The second kappa shape index (κ2) is 8.10. The lowest BCUT2D eigenvalue weighted by atomic mass is 10.1. The quantitative estimate of drug-likeness (QED) is 0.636. The van der Waals surface area contributed by atoms with Gasteiger partial charge in [0.15, 0.2) is 0 Å². The fourth-order valence-electron chi connectivity index (χ4n) is 1.38. The first-order valence-corrected chi connectivity index (χ1v) is 5.79. The summed E-state index contributed by atoms with van der Waals surface area (Å²) >= 11 is 0. The molecule has 0 saturated heterocycles. The molecule has 0 bridgehead atoms. The smallest absolute Gasteiger partial charge is 0.321 e. The highest BCUT2D eigenvalue weighted by atomic mass is 16.2. The fourth-order valence-corrected chi connectivity index (χ4v) is 1.38. The van der Waals surface area contributed by atoms with Crippen LogP contribution in [0.15, 0.2) is 0 Å². The molecule has 0 saturated carbocycles. The number of rotatable bonds is 6. The molecule has 2 atom stereocenters. The van der Waals surface area contributed by atoms with E-state index in [1.165, 1.54) is 7.05 Å². The number of unbranched alkanes of at least 4 members (excludes halogenated alkanes) is 1. The van der Waals surface area contributed by atoms with Crippen LogP contribution in [0.5, 0.6) is 0 Å². The van der Waals surface area contributed by atoms with Gasteiger partial charge in [0.05, 0.1) is 6.04 Å². The Kier molecular flexibility index (Phi) is 7.54. The van der Waals surface area contributed by atoms with Crippen molar-refractivity contribution in [1.29, 1.82) is 0 Å². The third kappa shape index (κ3) is 6.40. The first kappa shape index (κ1) is 14.9. The Balaban J connectivity index is 3.90. The van der Waals surface area contributed by atoms with Crippen LogP contribution in [0.2, 0.25) is 0 Å². The zero-order chi connectivity index (χ0) is 12.6. The maximum absolute atomic E-state index is 11.5. The van der Waals surface area contributed by atoms with Gasteiger partial charge in [-0.3, -0.25) is 10.1 Å². The zero-order valence-corrected chi connectivity index (χ0v) is 10.6. The van der Waals surface area contributed by atoms with Crippen molar-refractivity contribution < 1.29 is 9.59 Å². The van der Waals surface area contributed by atoms with Crippen LogP contribution in [0.3, 0.4) is 0 Å². The molecule has 3 N–H and O–H groups in total. The lowest BCUT2D eigenvalue weighted by Crippen LogP contribution is -2.49. The van der Waals surface area contributed by atoms with Crippen molar-refractivity contribution in [3.05, 3.63) is 0 Å². The normalized spacial score (nSPS) is 14.0. The first-order valence-electron chi connectivity index (χ1n) is 5.79. The molecule has 0 aliphatic carbocycles. The SMILES string of the molecule is CCCCC(C)NC(C)C(=O)NC(=O)NC. The summed E-state index contributed by atoms with van der Waals surface area (Å²) in [5.74, 6) is -0.303. The third-order valence-corrected chi connectivity index (χ3v) is 2.38. The Hall–Kier alpha value is -1.10. The topological polar surface area (TPSA) is 70.2 Å². The van der Waals surface area contributed by atoms with Crippen LogP contribution in [-0.4, -0.2) is 31.1 Å². The Labute approximate surface area is 97.4 Å². The van der Waals surface area contributed by atoms with E-state index < -0.39 is 6.03 Å². The van der Waals surface area contributed by atoms with Gasteiger partial charge in [0.2, 0.25) is 5.91 Å². The van der Waals surface area contributed by atoms with Crippen molar-refractivity contribution in [2.24, 2.45) is 0 Å². The van der Waals surface area contributed by atoms with Gasteiger partial charge in [-0.1, -0.05) is 19.8 Å². The monoisotopic (exact) mass is 229 g/mol. The van der Waals surface area contributed by atoms with Gasteiger partial charge < -0.3 is 10.6 Å². The number of amides is 3. The van der Waals surface area contributed by atoms with E-state index in [1.54, 1.807) is 6.92 Å². The van der Waals surface area contributed by atoms with Gasteiger partial charge in [-0.15, -0.1) is 0 Å². The maximum atomic E-state index is 11.5. The second-order valence-electron chi connectivity index (χ2n) is 4.00. The van der Waals surface area contributed by atoms with Crippen LogP contribution in [0.25, 0.3) is 0 Å². The molecule has 0 aromatic heterocycles. The predicted octanol–water partition coefficient (Wildman–Crippen LogP) is 0.999. The molecular formula is C11H23N3O2. The van der Waals surface area contributed by atoms with Crippen LogP contribution < -0.4 is 16.0 Å². The van der Waals surface area contributed by atoms with Crippen molar-refractivity contribution in [2.75, 3.05) is 7.05 Å². The molecular weight excluding hydrogens is 206 g/mol. The summed E-state index contributed by atoms with van der Waals surface area (Å²) in [5, 5.41) is 7.73. The van der Waals surface area contributed by atoms with Gasteiger partial charge in [-0.05, 0) is 20.3 Å². The van der Waals surface area contributed by atoms with Gasteiger partial charge in [-0.25, -0.2) is 4.79 Å². The van der Waals surface area contributed by atoms with Gasteiger partial charge in [0, 0.05) is 13.1 Å². The van der Waals surface area contributed by atoms with Crippen molar-refractivity contribution in [3.8, 4) is 0 Å². The summed E-state index contributed by atoms with van der Waals surface area (Å²) in [6, 6.07) is -0.547. The van der Waals surface area contributed by atoms with Gasteiger partial charge in [0.1, 0.15) is 0 Å². The van der Waals surface area contributed by atoms with Gasteiger partial charge >= 0.3 is 6.03 Å². The minimum absolute atomic E-state index is 0.283. The standard InChI is InChI=1S/C11H23N3O2/c1-5-6-7-8(2)13-9(3)10(15)14-11(16)12-4/h8-9,13H,5-7H2,1-4H3,(H2,12,14,15,16). The summed E-state index contributed by atoms with van der Waals surface area (Å²) in [6.07, 6.45) is 3.32. The highest BCUT2D eigenvalue weighted by Crippen LogP contribution is 2.00. The van der Waals surface area contributed by atoms with Gasteiger partial charge in [-0.2, -0.15) is 0 Å². The third-order valence-electron chi connectivity index (χ3n) is 2.38. The lowest BCUT2D eigenvalue weighted by Gasteiger charge is -2.18. The highest BCUT2D eigenvalue weighted by molar-refractivity contribution is 5.96. The van der Waals surface area contributed by atoms with Crippen LogP contribution in [-0.2, 0) is 4.79 Å². The fraction of sp³-hybridized carbons (Fsp3) is 0.818. The van der Waals surface area contributed by atoms with Crippen molar-refractivity contribution in [1.82, 2.24) is 16.0 Å². The molecule has 5 nitrogen and oxygen atoms in total. The van der Waals surface area contributed by atoms with E-state index in [4.69, 9.17) is 0 Å². The molecule has 16 heavy (non-hydrogen) atoms. The number of hydrogen-bond donors (Lipinski definition) is 3. The van der Waals surface area contributed by atoms with E-state index in [2.05, 4.69) is 22.9 Å². The lowest BCUT2D eigenvalue weighted by molar-refractivity contribution is -0.121. The van der Waals surface area contributed by atoms with E-state index in [0.29, 0.717) is 0 Å². The van der Waals surface area contributed by atoms with Crippen molar-refractivity contribution >= 4 is 11.9 Å². The average Bonchev–Trinajstić information content (AvgIpc) is 2.25. The maximum Gasteiger partial charge on any atom is 0.321 e. The first-order chi connectivity index (χ1) is 7.51. The number of imide groups is 1. The molecule has 0 aliphatic heterocycles. The minimum Gasteiger partial charge on any atom is -0.341 e. The van der Waals surface area contributed by atoms with E-state index in [1.807, 2.05) is 6.92 Å². The van der Waals surface area contributed by atoms with Crippen LogP contribution in [0, 0.1) is 0 Å². The number of nitrogens with one attached hydrogen (secondary N) is 3. The van der Waals surface area contributed by atoms with Crippen molar-refractivity contribution in [2.45, 2.75) is 52.1 Å². The van der Waals surface area contributed by atoms with Crippen LogP contribution in [0.1, 0.15) is 40.0 Å². The molecule has 0 rings (SSSR count).